The molecule has 1 saturated carbocycles. The Morgan fingerprint density at radius 1 is 1.06 bits per heavy atom. The van der Waals surface area contributed by atoms with Gasteiger partial charge in [-0.1, -0.05) is 40.5 Å². The predicted octanol–water partition coefficient (Wildman–Crippen LogP) is 4.14. The van der Waals surface area contributed by atoms with E-state index in [1.807, 2.05) is 14.2 Å². The SMILES string of the molecule is COCC(C(C)C)(C1CCCC1)C(OC)C(C)C. The molecule has 2 unspecified atom stereocenters. The molecule has 0 aromatic rings. The second-order valence-corrected chi connectivity index (χ2v) is 6.58. The standard InChI is InChI=1S/C16H32O2/c1-12(2)15(18-6)16(11-17-5,13(3)4)14-9-7-8-10-14/h12-15H,7-11H2,1-6H3. The van der Waals surface area contributed by atoms with Gasteiger partial charge in [0.25, 0.3) is 0 Å². The summed E-state index contributed by atoms with van der Waals surface area (Å²) in [4.78, 5) is 0. The van der Waals surface area contributed by atoms with Crippen LogP contribution in [0.3, 0.4) is 0 Å². The predicted molar refractivity (Wildman–Crippen MR) is 76.7 cm³/mol. The van der Waals surface area contributed by atoms with Crippen LogP contribution in [-0.2, 0) is 9.47 Å². The van der Waals surface area contributed by atoms with Crippen LogP contribution in [0.15, 0.2) is 0 Å². The highest BCUT2D eigenvalue weighted by molar-refractivity contribution is 4.98. The van der Waals surface area contributed by atoms with E-state index in [2.05, 4.69) is 27.7 Å². The fraction of sp³-hybridized carbons (Fsp3) is 1.00. The summed E-state index contributed by atoms with van der Waals surface area (Å²) in [6.07, 6.45) is 5.72. The summed E-state index contributed by atoms with van der Waals surface area (Å²) in [6.45, 7) is 10.1. The average molecular weight is 256 g/mol. The lowest BCUT2D eigenvalue weighted by atomic mass is 9.61. The van der Waals surface area contributed by atoms with E-state index in [9.17, 15) is 0 Å². The summed E-state index contributed by atoms with van der Waals surface area (Å²) in [5.41, 5.74) is 0.175. The second kappa shape index (κ2) is 6.91. The van der Waals surface area contributed by atoms with Crippen molar-refractivity contribution in [2.45, 2.75) is 59.5 Å². The number of methoxy groups -OCH3 is 2. The van der Waals surface area contributed by atoms with Crippen molar-refractivity contribution in [3.63, 3.8) is 0 Å². The van der Waals surface area contributed by atoms with Crippen LogP contribution in [0.5, 0.6) is 0 Å². The van der Waals surface area contributed by atoms with E-state index >= 15 is 0 Å². The van der Waals surface area contributed by atoms with Crippen LogP contribution in [0.25, 0.3) is 0 Å². The van der Waals surface area contributed by atoms with E-state index in [4.69, 9.17) is 9.47 Å². The van der Waals surface area contributed by atoms with E-state index < -0.39 is 0 Å². The van der Waals surface area contributed by atoms with Crippen LogP contribution in [0.4, 0.5) is 0 Å². The molecule has 0 saturated heterocycles. The molecule has 1 aliphatic rings. The smallest absolute Gasteiger partial charge is 0.0677 e. The Hall–Kier alpha value is -0.0800. The van der Waals surface area contributed by atoms with Crippen molar-refractivity contribution >= 4 is 0 Å². The van der Waals surface area contributed by atoms with Crippen LogP contribution in [-0.4, -0.2) is 26.9 Å². The molecule has 0 aliphatic heterocycles. The summed E-state index contributed by atoms with van der Waals surface area (Å²) in [6, 6.07) is 0. The molecule has 0 spiro atoms. The molecular formula is C16H32O2. The molecule has 2 nitrogen and oxygen atoms in total. The Morgan fingerprint density at radius 3 is 1.94 bits per heavy atom. The highest BCUT2D eigenvalue weighted by atomic mass is 16.5. The summed E-state index contributed by atoms with van der Waals surface area (Å²) < 4.78 is 11.6. The molecule has 0 bridgehead atoms. The van der Waals surface area contributed by atoms with Crippen molar-refractivity contribution in [2.24, 2.45) is 23.2 Å². The summed E-state index contributed by atoms with van der Waals surface area (Å²) >= 11 is 0. The van der Waals surface area contributed by atoms with Crippen molar-refractivity contribution in [3.8, 4) is 0 Å². The maximum atomic E-state index is 5.92. The molecule has 0 aromatic carbocycles. The fourth-order valence-corrected chi connectivity index (χ4v) is 4.22. The van der Waals surface area contributed by atoms with Crippen molar-refractivity contribution in [1.29, 1.82) is 0 Å². The molecule has 0 amide bonds. The van der Waals surface area contributed by atoms with Gasteiger partial charge >= 0.3 is 0 Å². The zero-order chi connectivity index (χ0) is 13.8. The Morgan fingerprint density at radius 2 is 1.61 bits per heavy atom. The molecular weight excluding hydrogens is 224 g/mol. The van der Waals surface area contributed by atoms with E-state index in [1.54, 1.807) is 0 Å². The van der Waals surface area contributed by atoms with Crippen molar-refractivity contribution in [3.05, 3.63) is 0 Å². The van der Waals surface area contributed by atoms with E-state index in [1.165, 1.54) is 25.7 Å². The minimum Gasteiger partial charge on any atom is -0.384 e. The molecule has 0 aromatic heterocycles. The lowest BCUT2D eigenvalue weighted by Crippen LogP contribution is -2.51. The van der Waals surface area contributed by atoms with Gasteiger partial charge in [-0.05, 0) is 30.6 Å². The Labute approximate surface area is 113 Å². The number of rotatable bonds is 7. The van der Waals surface area contributed by atoms with Crippen LogP contribution < -0.4 is 0 Å². The van der Waals surface area contributed by atoms with E-state index in [-0.39, 0.29) is 5.41 Å². The average Bonchev–Trinajstić information content (AvgIpc) is 2.81. The van der Waals surface area contributed by atoms with Crippen molar-refractivity contribution in [1.82, 2.24) is 0 Å². The molecule has 1 fully saturated rings. The van der Waals surface area contributed by atoms with Gasteiger partial charge in [-0.15, -0.1) is 0 Å². The van der Waals surface area contributed by atoms with E-state index in [0.717, 1.165) is 12.5 Å². The number of ether oxygens (including phenoxy) is 2. The Kier molecular flexibility index (Phi) is 6.13. The molecule has 2 heteroatoms. The maximum Gasteiger partial charge on any atom is 0.0677 e. The molecule has 1 aliphatic carbocycles. The van der Waals surface area contributed by atoms with Gasteiger partial charge in [-0.3, -0.25) is 0 Å². The van der Waals surface area contributed by atoms with E-state index in [0.29, 0.717) is 17.9 Å². The highest BCUT2D eigenvalue weighted by Gasteiger charge is 2.49. The van der Waals surface area contributed by atoms with Crippen molar-refractivity contribution < 1.29 is 9.47 Å². The molecule has 2 atom stereocenters. The Balaban J connectivity index is 3.09. The molecule has 0 radical (unpaired) electrons. The van der Waals surface area contributed by atoms with Gasteiger partial charge in [-0.2, -0.15) is 0 Å². The van der Waals surface area contributed by atoms with Crippen LogP contribution in [0.1, 0.15) is 53.4 Å². The second-order valence-electron chi connectivity index (χ2n) is 6.58. The molecule has 0 N–H and O–H groups in total. The fourth-order valence-electron chi connectivity index (χ4n) is 4.22. The van der Waals surface area contributed by atoms with Crippen LogP contribution in [0, 0.1) is 23.2 Å². The first-order valence-corrected chi connectivity index (χ1v) is 7.52. The van der Waals surface area contributed by atoms with Crippen LogP contribution >= 0.6 is 0 Å². The third-order valence-corrected chi connectivity index (χ3v) is 4.97. The zero-order valence-electron chi connectivity index (χ0n) is 13.2. The van der Waals surface area contributed by atoms with Gasteiger partial charge < -0.3 is 9.47 Å². The summed E-state index contributed by atoms with van der Waals surface area (Å²) in [5.74, 6) is 1.88. The van der Waals surface area contributed by atoms with Gasteiger partial charge in [0.2, 0.25) is 0 Å². The molecule has 18 heavy (non-hydrogen) atoms. The first kappa shape index (κ1) is 16.0. The first-order chi connectivity index (χ1) is 8.50. The third-order valence-electron chi connectivity index (χ3n) is 4.97. The molecule has 108 valence electrons. The minimum atomic E-state index is 0.175. The summed E-state index contributed by atoms with van der Waals surface area (Å²) in [5, 5.41) is 0. The van der Waals surface area contributed by atoms with Gasteiger partial charge in [0, 0.05) is 19.6 Å². The third kappa shape index (κ3) is 2.91. The number of hydrogen-bond donors (Lipinski definition) is 0. The number of hydrogen-bond acceptors (Lipinski definition) is 2. The van der Waals surface area contributed by atoms with Gasteiger partial charge in [0.15, 0.2) is 0 Å². The Bertz CT molecular complexity index is 231. The lowest BCUT2D eigenvalue weighted by molar-refractivity contribution is -0.133. The molecule has 1 rings (SSSR count). The zero-order valence-corrected chi connectivity index (χ0v) is 13.2. The first-order valence-electron chi connectivity index (χ1n) is 7.52. The van der Waals surface area contributed by atoms with Gasteiger partial charge in [0.1, 0.15) is 0 Å². The minimum absolute atomic E-state index is 0.175. The maximum absolute atomic E-state index is 5.92. The highest BCUT2D eigenvalue weighted by Crippen LogP contribution is 2.50. The molecule has 0 heterocycles. The largest absolute Gasteiger partial charge is 0.384 e. The van der Waals surface area contributed by atoms with Gasteiger partial charge in [-0.25, -0.2) is 0 Å². The van der Waals surface area contributed by atoms with Gasteiger partial charge in [0.05, 0.1) is 12.7 Å². The normalized spacial score (nSPS) is 22.7. The monoisotopic (exact) mass is 256 g/mol. The van der Waals surface area contributed by atoms with Crippen molar-refractivity contribution in [2.75, 3.05) is 20.8 Å². The topological polar surface area (TPSA) is 18.5 Å². The lowest BCUT2D eigenvalue weighted by Gasteiger charge is -2.49. The van der Waals surface area contributed by atoms with Crippen LogP contribution in [0.2, 0.25) is 0 Å². The quantitative estimate of drug-likeness (QED) is 0.681. The summed E-state index contributed by atoms with van der Waals surface area (Å²) in [7, 11) is 3.70.